The molecule has 1 saturated heterocycles. The lowest BCUT2D eigenvalue weighted by Gasteiger charge is -2.21. The lowest BCUT2D eigenvalue weighted by atomic mass is 10.1. The third kappa shape index (κ3) is 2.66. The van der Waals surface area contributed by atoms with Crippen LogP contribution < -0.4 is 4.90 Å². The van der Waals surface area contributed by atoms with E-state index in [1.54, 1.807) is 6.92 Å². The van der Waals surface area contributed by atoms with Gasteiger partial charge in [0.05, 0.1) is 6.10 Å². The highest BCUT2D eigenvalue weighted by atomic mass is 16.5. The Kier molecular flexibility index (Phi) is 3.56. The van der Waals surface area contributed by atoms with Crippen molar-refractivity contribution in [2.45, 2.75) is 38.7 Å². The van der Waals surface area contributed by atoms with Crippen LogP contribution in [-0.4, -0.2) is 31.6 Å². The number of carbonyl (C=O) groups excluding carboxylic acids is 1. The lowest BCUT2D eigenvalue weighted by Crippen LogP contribution is -2.25. The molecule has 2 aliphatic rings. The third-order valence-electron chi connectivity index (χ3n) is 4.22. The molecule has 0 radical (unpaired) electrons. The van der Waals surface area contributed by atoms with Gasteiger partial charge in [-0.2, -0.15) is 0 Å². The Morgan fingerprint density at radius 1 is 1.47 bits per heavy atom. The van der Waals surface area contributed by atoms with Crippen molar-refractivity contribution in [1.82, 2.24) is 0 Å². The molecule has 0 N–H and O–H groups in total. The Balaban J connectivity index is 1.66. The first-order valence-corrected chi connectivity index (χ1v) is 7.24. The number of anilines is 1. The number of hydrogen-bond acceptors (Lipinski definition) is 3. The average Bonchev–Trinajstić information content (AvgIpc) is 3.05. The normalized spacial score (nSPS) is 21.7. The van der Waals surface area contributed by atoms with Gasteiger partial charge in [0, 0.05) is 30.9 Å². The number of rotatable bonds is 4. The monoisotopic (exact) mass is 259 g/mol. The Morgan fingerprint density at radius 3 is 3.11 bits per heavy atom. The smallest absolute Gasteiger partial charge is 0.159 e. The van der Waals surface area contributed by atoms with Crippen molar-refractivity contribution in [3.05, 3.63) is 29.3 Å². The maximum Gasteiger partial charge on any atom is 0.159 e. The Morgan fingerprint density at radius 2 is 2.37 bits per heavy atom. The Hall–Kier alpha value is -1.35. The summed E-state index contributed by atoms with van der Waals surface area (Å²) < 4.78 is 5.68. The second-order valence-corrected chi connectivity index (χ2v) is 5.56. The van der Waals surface area contributed by atoms with Gasteiger partial charge in [-0.25, -0.2) is 0 Å². The molecule has 1 fully saturated rings. The fourth-order valence-electron chi connectivity index (χ4n) is 3.09. The quantitative estimate of drug-likeness (QED) is 0.779. The number of hydrogen-bond donors (Lipinski definition) is 0. The molecule has 0 aliphatic carbocycles. The summed E-state index contributed by atoms with van der Waals surface area (Å²) in [5.74, 6) is 0.153. The first-order chi connectivity index (χ1) is 9.24. The van der Waals surface area contributed by atoms with Crippen LogP contribution in [0.25, 0.3) is 0 Å². The van der Waals surface area contributed by atoms with Crippen LogP contribution in [0.1, 0.15) is 42.1 Å². The fraction of sp³-hybridized carbons (Fsp3) is 0.562. The highest BCUT2D eigenvalue weighted by Gasteiger charge is 2.22. The summed E-state index contributed by atoms with van der Waals surface area (Å²) in [6, 6.07) is 6.11. The standard InChI is InChI=1S/C16H21NO2/c1-12(18)13-4-5-16-14(11-13)6-8-17(16)9-7-15-3-2-10-19-15/h4-5,11,15H,2-3,6-10H2,1H3. The van der Waals surface area contributed by atoms with Gasteiger partial charge in [-0.3, -0.25) is 4.79 Å². The van der Waals surface area contributed by atoms with Crippen LogP contribution in [0.15, 0.2) is 18.2 Å². The van der Waals surface area contributed by atoms with E-state index < -0.39 is 0 Å². The van der Waals surface area contributed by atoms with Crippen LogP contribution >= 0.6 is 0 Å². The maximum atomic E-state index is 11.4. The molecular weight excluding hydrogens is 238 g/mol. The lowest BCUT2D eigenvalue weighted by molar-refractivity contribution is 0.101. The summed E-state index contributed by atoms with van der Waals surface area (Å²) in [5, 5.41) is 0. The number of benzene rings is 1. The van der Waals surface area contributed by atoms with Crippen molar-refractivity contribution in [1.29, 1.82) is 0 Å². The van der Waals surface area contributed by atoms with Gasteiger partial charge in [-0.15, -0.1) is 0 Å². The van der Waals surface area contributed by atoms with E-state index >= 15 is 0 Å². The zero-order valence-electron chi connectivity index (χ0n) is 11.5. The highest BCUT2D eigenvalue weighted by Crippen LogP contribution is 2.29. The van der Waals surface area contributed by atoms with E-state index in [-0.39, 0.29) is 5.78 Å². The summed E-state index contributed by atoms with van der Waals surface area (Å²) in [7, 11) is 0. The molecule has 0 spiro atoms. The number of carbonyl (C=O) groups is 1. The zero-order chi connectivity index (χ0) is 13.2. The van der Waals surface area contributed by atoms with Crippen molar-refractivity contribution in [2.24, 2.45) is 0 Å². The summed E-state index contributed by atoms with van der Waals surface area (Å²) in [6.07, 6.45) is 5.06. The topological polar surface area (TPSA) is 29.5 Å². The van der Waals surface area contributed by atoms with Crippen molar-refractivity contribution in [2.75, 3.05) is 24.6 Å². The number of ether oxygens (including phenoxy) is 1. The van der Waals surface area contributed by atoms with Gasteiger partial charge in [0.15, 0.2) is 5.78 Å². The molecule has 0 aromatic heterocycles. The predicted molar refractivity (Wildman–Crippen MR) is 76.0 cm³/mol. The van der Waals surface area contributed by atoms with Crippen LogP contribution in [-0.2, 0) is 11.2 Å². The third-order valence-corrected chi connectivity index (χ3v) is 4.22. The molecule has 19 heavy (non-hydrogen) atoms. The van der Waals surface area contributed by atoms with Crippen LogP contribution in [0, 0.1) is 0 Å². The minimum Gasteiger partial charge on any atom is -0.378 e. The summed E-state index contributed by atoms with van der Waals surface area (Å²) in [6.45, 7) is 4.70. The zero-order valence-corrected chi connectivity index (χ0v) is 11.5. The second-order valence-electron chi connectivity index (χ2n) is 5.56. The van der Waals surface area contributed by atoms with E-state index in [0.717, 1.165) is 38.1 Å². The number of fused-ring (bicyclic) bond motifs is 1. The van der Waals surface area contributed by atoms with Crippen molar-refractivity contribution in [3.63, 3.8) is 0 Å². The first kappa shape index (κ1) is 12.7. The largest absolute Gasteiger partial charge is 0.378 e. The molecule has 102 valence electrons. The van der Waals surface area contributed by atoms with Gasteiger partial charge in [-0.1, -0.05) is 0 Å². The van der Waals surface area contributed by atoms with E-state index in [0.29, 0.717) is 6.10 Å². The van der Waals surface area contributed by atoms with Crippen molar-refractivity contribution < 1.29 is 9.53 Å². The maximum absolute atomic E-state index is 11.4. The minimum atomic E-state index is 0.153. The highest BCUT2D eigenvalue weighted by molar-refractivity contribution is 5.94. The summed E-state index contributed by atoms with van der Waals surface area (Å²) >= 11 is 0. The summed E-state index contributed by atoms with van der Waals surface area (Å²) in [4.78, 5) is 13.8. The van der Waals surface area contributed by atoms with E-state index in [1.807, 2.05) is 6.07 Å². The van der Waals surface area contributed by atoms with Crippen molar-refractivity contribution in [3.8, 4) is 0 Å². The Labute approximate surface area is 114 Å². The van der Waals surface area contributed by atoms with E-state index in [4.69, 9.17) is 4.74 Å². The van der Waals surface area contributed by atoms with Gasteiger partial charge in [-0.05, 0) is 56.4 Å². The molecule has 1 aromatic rings. The molecule has 3 nitrogen and oxygen atoms in total. The molecule has 3 heteroatoms. The van der Waals surface area contributed by atoms with Gasteiger partial charge >= 0.3 is 0 Å². The minimum absolute atomic E-state index is 0.153. The Bertz CT molecular complexity index is 478. The number of Topliss-reactive ketones (excluding diaryl/α,β-unsaturated/α-hetero) is 1. The molecule has 1 unspecified atom stereocenters. The molecule has 0 amide bonds. The molecule has 3 rings (SSSR count). The molecule has 1 atom stereocenters. The van der Waals surface area contributed by atoms with Gasteiger partial charge in [0.1, 0.15) is 0 Å². The molecule has 2 aliphatic heterocycles. The summed E-state index contributed by atoms with van der Waals surface area (Å²) in [5.41, 5.74) is 3.46. The molecular formula is C16H21NO2. The van der Waals surface area contributed by atoms with Crippen LogP contribution in [0.5, 0.6) is 0 Å². The molecule has 0 saturated carbocycles. The molecule has 0 bridgehead atoms. The molecule has 1 aromatic carbocycles. The van der Waals surface area contributed by atoms with Gasteiger partial charge < -0.3 is 9.64 Å². The van der Waals surface area contributed by atoms with Crippen LogP contribution in [0.4, 0.5) is 5.69 Å². The van der Waals surface area contributed by atoms with Gasteiger partial charge in [0.2, 0.25) is 0 Å². The van der Waals surface area contributed by atoms with Gasteiger partial charge in [0.25, 0.3) is 0 Å². The van der Waals surface area contributed by atoms with Crippen LogP contribution in [0.2, 0.25) is 0 Å². The molecule has 2 heterocycles. The fourth-order valence-corrected chi connectivity index (χ4v) is 3.09. The first-order valence-electron chi connectivity index (χ1n) is 7.24. The second kappa shape index (κ2) is 5.33. The van der Waals surface area contributed by atoms with Crippen LogP contribution in [0.3, 0.4) is 0 Å². The van der Waals surface area contributed by atoms with E-state index in [2.05, 4.69) is 17.0 Å². The average molecular weight is 259 g/mol. The van der Waals surface area contributed by atoms with E-state index in [1.165, 1.54) is 24.1 Å². The SMILES string of the molecule is CC(=O)c1ccc2c(c1)CCN2CCC1CCCO1. The number of nitrogens with zero attached hydrogens (tertiary/aromatic N) is 1. The van der Waals surface area contributed by atoms with Crippen molar-refractivity contribution >= 4 is 11.5 Å². The number of ketones is 1. The predicted octanol–water partition coefficient (Wildman–Crippen LogP) is 2.82. The van der Waals surface area contributed by atoms with E-state index in [9.17, 15) is 4.79 Å².